The summed E-state index contributed by atoms with van der Waals surface area (Å²) in [4.78, 5) is 21.0. The Hall–Kier alpha value is -3.28. The highest BCUT2D eigenvalue weighted by Gasteiger charge is 2.40. The van der Waals surface area contributed by atoms with E-state index in [1.165, 1.54) is 12.1 Å². The lowest BCUT2D eigenvalue weighted by Crippen LogP contribution is -2.33. The van der Waals surface area contributed by atoms with Crippen molar-refractivity contribution < 1.29 is 43.7 Å². The number of aldehydes is 1. The van der Waals surface area contributed by atoms with Gasteiger partial charge >= 0.3 is 14.0 Å². The van der Waals surface area contributed by atoms with E-state index in [1.807, 2.05) is 0 Å². The number of nitrogens with zero attached hydrogens (tertiary/aromatic N) is 1. The molecule has 1 unspecified atom stereocenters. The predicted molar refractivity (Wildman–Crippen MR) is 107 cm³/mol. The number of carbonyl (C=O) groups is 1. The van der Waals surface area contributed by atoms with E-state index in [9.17, 15) is 19.9 Å². The molecule has 0 amide bonds. The number of fused-ring (bicyclic) bond motifs is 4. The first-order valence-electron chi connectivity index (χ1n) is 9.36. The van der Waals surface area contributed by atoms with Crippen LogP contribution < -0.4 is 29.9 Å². The maximum Gasteiger partial charge on any atom is 0.489 e. The third kappa shape index (κ3) is 3.90. The molecule has 0 radical (unpaired) electrons. The van der Waals surface area contributed by atoms with Crippen LogP contribution in [0.1, 0.15) is 21.8 Å². The zero-order valence-corrected chi connectivity index (χ0v) is 16.1. The molecule has 160 valence electrons. The van der Waals surface area contributed by atoms with Crippen molar-refractivity contribution in [1.82, 2.24) is 0 Å². The van der Waals surface area contributed by atoms with Gasteiger partial charge in [0.2, 0.25) is 20.1 Å². The molecule has 0 bridgehead atoms. The van der Waals surface area contributed by atoms with Gasteiger partial charge in [-0.3, -0.25) is 14.9 Å². The van der Waals surface area contributed by atoms with Crippen LogP contribution in [0.2, 0.25) is 6.32 Å². The van der Waals surface area contributed by atoms with Crippen LogP contribution in [0.3, 0.4) is 0 Å². The highest BCUT2D eigenvalue weighted by atomic mass is 16.7. The zero-order valence-electron chi connectivity index (χ0n) is 16.1. The monoisotopic (exact) mass is 429 g/mol. The molecular formula is C18H17B2NO10. The van der Waals surface area contributed by atoms with Gasteiger partial charge in [0.25, 0.3) is 0 Å². The Labute approximate surface area is 176 Å². The van der Waals surface area contributed by atoms with Crippen LogP contribution in [-0.2, 0) is 0 Å². The maximum atomic E-state index is 10.7. The van der Waals surface area contributed by atoms with Gasteiger partial charge in [0, 0.05) is 16.4 Å². The summed E-state index contributed by atoms with van der Waals surface area (Å²) < 4.78 is 20.7. The van der Waals surface area contributed by atoms with Gasteiger partial charge in [-0.1, -0.05) is 12.1 Å². The van der Waals surface area contributed by atoms with Crippen LogP contribution in [0, 0.1) is 10.1 Å². The summed E-state index contributed by atoms with van der Waals surface area (Å²) in [6, 6.07) is 6.44. The highest BCUT2D eigenvalue weighted by Crippen LogP contribution is 2.42. The number of benzene rings is 2. The second kappa shape index (κ2) is 8.46. The molecule has 0 aromatic heterocycles. The molecule has 3 aliphatic rings. The van der Waals surface area contributed by atoms with E-state index in [0.717, 1.165) is 11.0 Å². The van der Waals surface area contributed by atoms with Gasteiger partial charge in [-0.15, -0.1) is 0 Å². The Morgan fingerprint density at radius 3 is 2.39 bits per heavy atom. The van der Waals surface area contributed by atoms with Crippen molar-refractivity contribution in [1.29, 1.82) is 0 Å². The van der Waals surface area contributed by atoms with E-state index in [0.29, 0.717) is 29.9 Å². The Morgan fingerprint density at radius 2 is 1.74 bits per heavy atom. The average Bonchev–Trinajstić information content (AvgIpc) is 3.45. The fourth-order valence-corrected chi connectivity index (χ4v) is 3.94. The van der Waals surface area contributed by atoms with E-state index >= 15 is 0 Å². The van der Waals surface area contributed by atoms with Crippen LogP contribution >= 0.6 is 0 Å². The molecule has 0 saturated heterocycles. The maximum absolute atomic E-state index is 10.7. The second-order valence-corrected chi connectivity index (χ2v) is 7.06. The molecule has 2 aromatic rings. The normalized spacial score (nSPS) is 17.0. The minimum atomic E-state index is -1.69. The average molecular weight is 429 g/mol. The summed E-state index contributed by atoms with van der Waals surface area (Å²) >= 11 is 0. The third-order valence-corrected chi connectivity index (χ3v) is 5.26. The molecule has 2 aromatic carbocycles. The fraction of sp³-hybridized carbons (Fsp3) is 0.278. The molecule has 11 nitrogen and oxygen atoms in total. The van der Waals surface area contributed by atoms with Gasteiger partial charge < -0.3 is 34.0 Å². The minimum absolute atomic E-state index is 0.0428. The van der Waals surface area contributed by atoms with Crippen LogP contribution in [0.5, 0.6) is 23.0 Å². The van der Waals surface area contributed by atoms with E-state index in [1.54, 1.807) is 12.1 Å². The number of hydrogen-bond donors (Lipinski definition) is 3. The first-order chi connectivity index (χ1) is 14.9. The summed E-state index contributed by atoms with van der Waals surface area (Å²) in [5.74, 6) is 1.57. The van der Waals surface area contributed by atoms with E-state index in [4.69, 9.17) is 29.0 Å². The van der Waals surface area contributed by atoms with Gasteiger partial charge in [0.1, 0.15) is 0 Å². The Morgan fingerprint density at radius 1 is 1.10 bits per heavy atom. The van der Waals surface area contributed by atoms with E-state index < -0.39 is 14.0 Å². The van der Waals surface area contributed by atoms with Crippen molar-refractivity contribution >= 4 is 31.2 Å². The van der Waals surface area contributed by atoms with Crippen LogP contribution in [-0.4, -0.2) is 60.4 Å². The summed E-state index contributed by atoms with van der Waals surface area (Å²) in [5.41, 5.74) is 1.70. The van der Waals surface area contributed by atoms with Crippen LogP contribution in [0.15, 0.2) is 24.3 Å². The smallest absolute Gasteiger partial charge is 0.454 e. The number of hydrogen-bond acceptors (Lipinski definition) is 10. The van der Waals surface area contributed by atoms with Crippen molar-refractivity contribution in [3.05, 3.63) is 45.5 Å². The number of ether oxygens (including phenoxy) is 4. The zero-order chi connectivity index (χ0) is 22.1. The van der Waals surface area contributed by atoms with Crippen LogP contribution in [0.25, 0.3) is 0 Å². The molecule has 5 rings (SSSR count). The predicted octanol–water partition coefficient (Wildman–Crippen LogP) is -1.11. The van der Waals surface area contributed by atoms with E-state index in [-0.39, 0.29) is 47.7 Å². The van der Waals surface area contributed by atoms with Crippen molar-refractivity contribution in [2.24, 2.45) is 0 Å². The van der Waals surface area contributed by atoms with Gasteiger partial charge in [-0.2, -0.15) is 0 Å². The number of nitro groups is 1. The summed E-state index contributed by atoms with van der Waals surface area (Å²) in [6.45, 7) is -0.664. The Kier molecular flexibility index (Phi) is 5.72. The van der Waals surface area contributed by atoms with Gasteiger partial charge in [-0.05, 0) is 29.4 Å². The fourth-order valence-electron chi connectivity index (χ4n) is 3.94. The lowest BCUT2D eigenvalue weighted by atomic mass is 9.62. The molecule has 1 atom stereocenters. The first-order valence-corrected chi connectivity index (χ1v) is 9.36. The van der Waals surface area contributed by atoms with Crippen LogP contribution in [0.4, 0.5) is 0 Å². The molecule has 3 heterocycles. The lowest BCUT2D eigenvalue weighted by molar-refractivity contribution is -0.482. The van der Waals surface area contributed by atoms with Gasteiger partial charge in [0.15, 0.2) is 29.3 Å². The molecule has 0 spiro atoms. The molecule has 3 aliphatic heterocycles. The Bertz CT molecular complexity index is 1030. The van der Waals surface area contributed by atoms with Gasteiger partial charge in [0.05, 0.1) is 5.56 Å². The molecule has 13 heteroatoms. The first kappa shape index (κ1) is 21.0. The molecule has 31 heavy (non-hydrogen) atoms. The third-order valence-electron chi connectivity index (χ3n) is 5.26. The largest absolute Gasteiger partial charge is 0.489 e. The molecule has 0 fully saturated rings. The van der Waals surface area contributed by atoms with Crippen molar-refractivity contribution in [3.8, 4) is 23.0 Å². The van der Waals surface area contributed by atoms with Crippen molar-refractivity contribution in [2.45, 2.75) is 12.2 Å². The quantitative estimate of drug-likeness (QED) is 0.236. The lowest BCUT2D eigenvalue weighted by Gasteiger charge is -2.09. The molecular weight excluding hydrogens is 412 g/mol. The number of rotatable bonds is 4. The van der Waals surface area contributed by atoms with Crippen molar-refractivity contribution in [2.75, 3.05) is 20.1 Å². The molecule has 0 saturated carbocycles. The second-order valence-electron chi connectivity index (χ2n) is 7.06. The number of carbonyl (C=O) groups excluding carboxylic acids is 1. The minimum Gasteiger partial charge on any atom is -0.454 e. The van der Waals surface area contributed by atoms with Crippen molar-refractivity contribution in [3.63, 3.8) is 0 Å². The molecule has 3 N–H and O–H groups in total. The topological polar surface area (TPSA) is 158 Å². The summed E-state index contributed by atoms with van der Waals surface area (Å²) in [6.07, 6.45) is 0.887. The SMILES string of the molecule is O=Cc1c(B(O)O)ccc2c1OCO2.O=[N+]([O-])CC1CB(O)c2ccc3c(c21)OCO3. The highest BCUT2D eigenvalue weighted by molar-refractivity contribution is 6.68. The Balaban J connectivity index is 0.000000152. The van der Waals surface area contributed by atoms with Gasteiger partial charge in [-0.25, -0.2) is 0 Å². The van der Waals surface area contributed by atoms with E-state index in [2.05, 4.69) is 0 Å². The standard InChI is InChI=1S/C10H10BNO5.C8H7BO5/c13-11-3-6(4-12(14)15)9-7(11)1-2-8-10(9)17-5-16-8;10-3-5-6(9(11)12)1-2-7-8(5)14-4-13-7/h1-2,6,13H,3-5H2;1-3,11-12H,4H2. The summed E-state index contributed by atoms with van der Waals surface area (Å²) in [7, 11) is -1.69. The summed E-state index contributed by atoms with van der Waals surface area (Å²) in [5, 5.41) is 38.4. The molecule has 0 aliphatic carbocycles.